The van der Waals surface area contributed by atoms with E-state index in [0.29, 0.717) is 54.7 Å². The number of tetrazole rings is 1. The van der Waals surface area contributed by atoms with Gasteiger partial charge in [-0.05, 0) is 35.4 Å². The van der Waals surface area contributed by atoms with Crippen molar-refractivity contribution in [3.05, 3.63) is 39.9 Å². The molecule has 10 heteroatoms. The number of H-pyrrole nitrogens is 1. The molecule has 2 aliphatic rings. The Morgan fingerprint density at radius 1 is 1.09 bits per heavy atom. The zero-order valence-electron chi connectivity index (χ0n) is 18.4. The maximum atomic E-state index is 13.3. The molecule has 1 aliphatic carbocycles. The third kappa shape index (κ3) is 3.73. The van der Waals surface area contributed by atoms with Crippen LogP contribution in [0.5, 0.6) is 11.5 Å². The maximum absolute atomic E-state index is 13.3. The predicted octanol–water partition coefficient (Wildman–Crippen LogP) is 2.07. The Bertz CT molecular complexity index is 1150. The van der Waals surface area contributed by atoms with E-state index >= 15 is 0 Å². The van der Waals surface area contributed by atoms with Gasteiger partial charge in [0.2, 0.25) is 0 Å². The molecule has 0 radical (unpaired) electrons. The lowest BCUT2D eigenvalue weighted by atomic mass is 10.0. The van der Waals surface area contributed by atoms with Gasteiger partial charge < -0.3 is 19.2 Å². The fourth-order valence-corrected chi connectivity index (χ4v) is 4.88. The Morgan fingerprint density at radius 2 is 1.81 bits per heavy atom. The van der Waals surface area contributed by atoms with Crippen LogP contribution in [0.2, 0.25) is 0 Å². The summed E-state index contributed by atoms with van der Waals surface area (Å²) in [6, 6.07) is 5.49. The molecule has 3 aromatic rings. The van der Waals surface area contributed by atoms with Gasteiger partial charge in [-0.3, -0.25) is 9.69 Å². The molecule has 2 fully saturated rings. The highest BCUT2D eigenvalue weighted by Gasteiger charge is 2.34. The van der Waals surface area contributed by atoms with E-state index in [1.807, 2.05) is 16.8 Å². The largest absolute Gasteiger partial charge is 0.493 e. The molecule has 1 saturated carbocycles. The van der Waals surface area contributed by atoms with Crippen molar-refractivity contribution in [2.45, 2.75) is 37.8 Å². The Labute approximate surface area is 185 Å². The standard InChI is InChI=1S/C22H28N6O4/c1-30-18-12-14-11-16(22(29)23-17(14)13-19(18)31-2)20(27-7-9-32-10-8-27)21-24-25-26-28(21)15-5-3-4-6-15/h11-13,15,20H,3-10H2,1-2H3,(H,23,29)/t20-/m0/s1. The van der Waals surface area contributed by atoms with Crippen molar-refractivity contribution < 1.29 is 14.2 Å². The molecule has 1 aromatic carbocycles. The lowest BCUT2D eigenvalue weighted by Gasteiger charge is -2.34. The van der Waals surface area contributed by atoms with E-state index in [2.05, 4.69) is 25.4 Å². The molecule has 1 N–H and O–H groups in total. The fraction of sp³-hybridized carbons (Fsp3) is 0.545. The number of benzene rings is 1. The van der Waals surface area contributed by atoms with Crippen molar-refractivity contribution in [3.63, 3.8) is 0 Å². The second kappa shape index (κ2) is 8.87. The van der Waals surface area contributed by atoms with E-state index < -0.39 is 0 Å². The van der Waals surface area contributed by atoms with Crippen molar-refractivity contribution in [2.24, 2.45) is 0 Å². The van der Waals surface area contributed by atoms with Crippen LogP contribution in [0.1, 0.15) is 49.2 Å². The summed E-state index contributed by atoms with van der Waals surface area (Å²) in [4.78, 5) is 18.6. The van der Waals surface area contributed by atoms with Crippen LogP contribution >= 0.6 is 0 Å². The lowest BCUT2D eigenvalue weighted by molar-refractivity contribution is 0.0211. The number of methoxy groups -OCH3 is 2. The Kier molecular flexibility index (Phi) is 5.79. The summed E-state index contributed by atoms with van der Waals surface area (Å²) in [5, 5.41) is 13.6. The third-order valence-electron chi connectivity index (χ3n) is 6.52. The molecule has 3 heterocycles. The highest BCUT2D eigenvalue weighted by molar-refractivity contribution is 5.83. The highest BCUT2D eigenvalue weighted by atomic mass is 16.5. The molecule has 170 valence electrons. The second-order valence-corrected chi connectivity index (χ2v) is 8.32. The van der Waals surface area contributed by atoms with E-state index in [4.69, 9.17) is 14.2 Å². The smallest absolute Gasteiger partial charge is 0.253 e. The predicted molar refractivity (Wildman–Crippen MR) is 117 cm³/mol. The highest BCUT2D eigenvalue weighted by Crippen LogP contribution is 2.35. The maximum Gasteiger partial charge on any atom is 0.253 e. The summed E-state index contributed by atoms with van der Waals surface area (Å²) < 4.78 is 18.4. The molecule has 0 unspecified atom stereocenters. The monoisotopic (exact) mass is 440 g/mol. The number of pyridine rings is 1. The van der Waals surface area contributed by atoms with Gasteiger partial charge in [0.05, 0.1) is 39.0 Å². The Balaban J connectivity index is 1.65. The molecular weight excluding hydrogens is 412 g/mol. The minimum absolute atomic E-state index is 0.165. The number of hydrogen-bond donors (Lipinski definition) is 1. The van der Waals surface area contributed by atoms with Crippen molar-refractivity contribution in [1.29, 1.82) is 0 Å². The summed E-state index contributed by atoms with van der Waals surface area (Å²) in [5.74, 6) is 1.89. The van der Waals surface area contributed by atoms with Crippen LogP contribution < -0.4 is 15.0 Å². The van der Waals surface area contributed by atoms with Crippen LogP contribution in [0.4, 0.5) is 0 Å². The van der Waals surface area contributed by atoms with Gasteiger partial charge in [-0.1, -0.05) is 12.8 Å². The molecule has 0 amide bonds. The number of aromatic amines is 1. The minimum Gasteiger partial charge on any atom is -0.493 e. The molecule has 1 atom stereocenters. The van der Waals surface area contributed by atoms with Crippen LogP contribution in [0.15, 0.2) is 23.0 Å². The number of rotatable bonds is 6. The molecule has 32 heavy (non-hydrogen) atoms. The third-order valence-corrected chi connectivity index (χ3v) is 6.52. The average Bonchev–Trinajstić information content (AvgIpc) is 3.52. The quantitative estimate of drug-likeness (QED) is 0.621. The first kappa shape index (κ1) is 20.9. The number of nitrogens with one attached hydrogen (secondary N) is 1. The number of morpholine rings is 1. The summed E-state index contributed by atoms with van der Waals surface area (Å²) in [6.45, 7) is 2.62. The van der Waals surface area contributed by atoms with Gasteiger partial charge in [0, 0.05) is 30.1 Å². The summed E-state index contributed by atoms with van der Waals surface area (Å²) in [5.41, 5.74) is 1.13. The number of fused-ring (bicyclic) bond motifs is 1. The number of hydrogen-bond acceptors (Lipinski definition) is 8. The van der Waals surface area contributed by atoms with E-state index in [0.717, 1.165) is 18.2 Å². The van der Waals surface area contributed by atoms with E-state index in [9.17, 15) is 4.79 Å². The first-order chi connectivity index (χ1) is 15.7. The fourth-order valence-electron chi connectivity index (χ4n) is 4.88. The average molecular weight is 441 g/mol. The normalized spacial score (nSPS) is 18.8. The molecular formula is C22H28N6O4. The van der Waals surface area contributed by atoms with Crippen molar-refractivity contribution >= 4 is 10.9 Å². The number of aromatic nitrogens is 5. The molecule has 1 aliphatic heterocycles. The van der Waals surface area contributed by atoms with Crippen molar-refractivity contribution in [3.8, 4) is 11.5 Å². The van der Waals surface area contributed by atoms with Gasteiger partial charge in [0.15, 0.2) is 17.3 Å². The number of nitrogens with zero attached hydrogens (tertiary/aromatic N) is 5. The molecule has 10 nitrogen and oxygen atoms in total. The van der Waals surface area contributed by atoms with E-state index in [1.54, 1.807) is 20.3 Å². The second-order valence-electron chi connectivity index (χ2n) is 8.32. The SMILES string of the molecule is COc1cc2cc([C@@H](c3nnnn3C3CCCC3)N3CCOCC3)c(=O)[nH]c2cc1OC. The first-order valence-electron chi connectivity index (χ1n) is 11.1. The summed E-state index contributed by atoms with van der Waals surface area (Å²) in [7, 11) is 3.18. The van der Waals surface area contributed by atoms with Crippen LogP contribution in [-0.2, 0) is 4.74 Å². The zero-order chi connectivity index (χ0) is 22.1. The van der Waals surface area contributed by atoms with E-state index in [1.165, 1.54) is 12.8 Å². The molecule has 0 bridgehead atoms. The van der Waals surface area contributed by atoms with Crippen LogP contribution in [0, 0.1) is 0 Å². The summed E-state index contributed by atoms with van der Waals surface area (Å²) >= 11 is 0. The Morgan fingerprint density at radius 3 is 2.53 bits per heavy atom. The van der Waals surface area contributed by atoms with Gasteiger partial charge in [0.25, 0.3) is 5.56 Å². The van der Waals surface area contributed by atoms with Gasteiger partial charge >= 0.3 is 0 Å². The van der Waals surface area contributed by atoms with Gasteiger partial charge in [-0.25, -0.2) is 4.68 Å². The summed E-state index contributed by atoms with van der Waals surface area (Å²) in [6.07, 6.45) is 4.45. The zero-order valence-corrected chi connectivity index (χ0v) is 18.4. The van der Waals surface area contributed by atoms with Gasteiger partial charge in [0.1, 0.15) is 6.04 Å². The molecule has 0 spiro atoms. The van der Waals surface area contributed by atoms with Crippen LogP contribution in [0.3, 0.4) is 0 Å². The van der Waals surface area contributed by atoms with Crippen molar-refractivity contribution in [2.75, 3.05) is 40.5 Å². The van der Waals surface area contributed by atoms with Gasteiger partial charge in [-0.15, -0.1) is 5.10 Å². The first-order valence-corrected chi connectivity index (χ1v) is 11.1. The topological polar surface area (TPSA) is 107 Å². The lowest BCUT2D eigenvalue weighted by Crippen LogP contribution is -2.42. The molecule has 2 aromatic heterocycles. The van der Waals surface area contributed by atoms with E-state index in [-0.39, 0.29) is 17.6 Å². The number of ether oxygens (including phenoxy) is 3. The Hall–Kier alpha value is -2.98. The van der Waals surface area contributed by atoms with Crippen LogP contribution in [-0.4, -0.2) is 70.6 Å². The molecule has 5 rings (SSSR count). The molecule has 1 saturated heterocycles. The van der Waals surface area contributed by atoms with Crippen LogP contribution in [0.25, 0.3) is 10.9 Å². The van der Waals surface area contributed by atoms with Gasteiger partial charge in [-0.2, -0.15) is 0 Å². The van der Waals surface area contributed by atoms with Crippen molar-refractivity contribution in [1.82, 2.24) is 30.1 Å². The minimum atomic E-state index is -0.365.